The number of hydrazine groups is 1. The molecule has 3 aromatic heterocycles. The summed E-state index contributed by atoms with van der Waals surface area (Å²) >= 11 is 0. The van der Waals surface area contributed by atoms with Crippen LogP contribution in [0.2, 0.25) is 0 Å². The minimum Gasteiger partial charge on any atom is -0.423 e. The normalized spacial score (nSPS) is 14.1. The number of benzene rings is 2. The van der Waals surface area contributed by atoms with E-state index in [0.717, 1.165) is 11.1 Å². The molecule has 0 radical (unpaired) electrons. The van der Waals surface area contributed by atoms with Crippen LogP contribution in [-0.2, 0) is 4.79 Å². The molecule has 0 aliphatic carbocycles. The predicted molar refractivity (Wildman–Crippen MR) is 140 cm³/mol. The van der Waals surface area contributed by atoms with Gasteiger partial charge in [0.1, 0.15) is 5.52 Å². The van der Waals surface area contributed by atoms with Crippen molar-refractivity contribution in [2.45, 2.75) is 12.8 Å². The van der Waals surface area contributed by atoms with E-state index < -0.39 is 5.91 Å². The van der Waals surface area contributed by atoms with E-state index >= 15 is 0 Å². The van der Waals surface area contributed by atoms with E-state index in [4.69, 9.17) is 4.42 Å². The first-order valence-electron chi connectivity index (χ1n) is 12.2. The molecule has 5 aromatic rings. The molecular formula is C28H24N6O3. The number of carbonyl (C=O) groups is 2. The third-order valence-electron chi connectivity index (χ3n) is 6.61. The van der Waals surface area contributed by atoms with Crippen LogP contribution in [0.15, 0.2) is 83.4 Å². The number of oxazole rings is 1. The summed E-state index contributed by atoms with van der Waals surface area (Å²) < 4.78 is 5.86. The van der Waals surface area contributed by atoms with Gasteiger partial charge in [0, 0.05) is 30.6 Å². The van der Waals surface area contributed by atoms with Crippen LogP contribution in [0.4, 0.5) is 6.01 Å². The lowest BCUT2D eigenvalue weighted by Gasteiger charge is -2.30. The molecular weight excluding hydrogens is 468 g/mol. The van der Waals surface area contributed by atoms with Gasteiger partial charge in [0.2, 0.25) is 5.91 Å². The average molecular weight is 493 g/mol. The zero-order valence-corrected chi connectivity index (χ0v) is 19.9. The first-order valence-corrected chi connectivity index (χ1v) is 12.2. The third kappa shape index (κ3) is 4.58. The number of hydrogen-bond donors (Lipinski definition) is 2. The number of para-hydroxylation sites is 3. The maximum Gasteiger partial charge on any atom is 0.298 e. The van der Waals surface area contributed by atoms with Gasteiger partial charge < -0.3 is 9.32 Å². The Balaban J connectivity index is 1.12. The van der Waals surface area contributed by atoms with Crippen molar-refractivity contribution < 1.29 is 14.0 Å². The van der Waals surface area contributed by atoms with Gasteiger partial charge in [0.05, 0.1) is 22.5 Å². The quantitative estimate of drug-likeness (QED) is 0.363. The van der Waals surface area contributed by atoms with Gasteiger partial charge in [-0.05, 0) is 49.2 Å². The second-order valence-electron chi connectivity index (χ2n) is 8.96. The molecule has 6 rings (SSSR count). The van der Waals surface area contributed by atoms with Gasteiger partial charge in [0.15, 0.2) is 5.58 Å². The summed E-state index contributed by atoms with van der Waals surface area (Å²) in [5.74, 6) is -0.846. The molecule has 9 nitrogen and oxygen atoms in total. The van der Waals surface area contributed by atoms with Crippen LogP contribution in [0, 0.1) is 5.92 Å². The maximum absolute atomic E-state index is 13.1. The minimum atomic E-state index is -0.409. The zero-order chi connectivity index (χ0) is 25.2. The lowest BCUT2D eigenvalue weighted by molar-refractivity contribution is -0.126. The van der Waals surface area contributed by atoms with Crippen LogP contribution in [-0.4, -0.2) is 39.9 Å². The van der Waals surface area contributed by atoms with E-state index in [0.29, 0.717) is 59.8 Å². The number of nitrogens with one attached hydrogen (secondary N) is 2. The highest BCUT2D eigenvalue weighted by Crippen LogP contribution is 2.27. The molecule has 37 heavy (non-hydrogen) atoms. The van der Waals surface area contributed by atoms with Gasteiger partial charge >= 0.3 is 0 Å². The fourth-order valence-corrected chi connectivity index (χ4v) is 4.62. The fourth-order valence-electron chi connectivity index (χ4n) is 4.62. The fraction of sp³-hybridized carbons (Fsp3) is 0.179. The number of carbonyl (C=O) groups excluding carboxylic acids is 2. The van der Waals surface area contributed by atoms with Crippen molar-refractivity contribution >= 4 is 39.8 Å². The Morgan fingerprint density at radius 2 is 1.59 bits per heavy atom. The summed E-state index contributed by atoms with van der Waals surface area (Å²) in [7, 11) is 0. The second kappa shape index (κ2) is 9.69. The predicted octanol–water partition coefficient (Wildman–Crippen LogP) is 4.12. The molecule has 2 amide bonds. The van der Waals surface area contributed by atoms with E-state index in [1.54, 1.807) is 12.3 Å². The monoisotopic (exact) mass is 492 g/mol. The molecule has 0 bridgehead atoms. The Labute approximate surface area is 212 Å². The summed E-state index contributed by atoms with van der Waals surface area (Å²) in [5.41, 5.74) is 9.11. The highest BCUT2D eigenvalue weighted by molar-refractivity contribution is 6.07. The van der Waals surface area contributed by atoms with Crippen LogP contribution in [0.1, 0.15) is 23.2 Å². The first-order chi connectivity index (χ1) is 18.2. The molecule has 9 heteroatoms. The molecule has 2 N–H and O–H groups in total. The van der Waals surface area contributed by atoms with Gasteiger partial charge in [-0.25, -0.2) is 4.98 Å². The van der Waals surface area contributed by atoms with Crippen molar-refractivity contribution in [2.75, 3.05) is 18.0 Å². The van der Waals surface area contributed by atoms with Gasteiger partial charge in [0.25, 0.3) is 11.9 Å². The van der Waals surface area contributed by atoms with Gasteiger partial charge in [-0.3, -0.25) is 25.4 Å². The number of hydrogen-bond acceptors (Lipinski definition) is 7. The Kier molecular flexibility index (Phi) is 5.94. The van der Waals surface area contributed by atoms with Crippen LogP contribution < -0.4 is 15.8 Å². The number of piperidine rings is 1. The van der Waals surface area contributed by atoms with Crippen molar-refractivity contribution in [2.24, 2.45) is 5.92 Å². The van der Waals surface area contributed by atoms with Crippen molar-refractivity contribution in [3.63, 3.8) is 0 Å². The molecule has 1 saturated heterocycles. The van der Waals surface area contributed by atoms with Crippen molar-refractivity contribution in [1.29, 1.82) is 0 Å². The maximum atomic E-state index is 13.1. The summed E-state index contributed by atoms with van der Waals surface area (Å²) in [6, 6.07) is 22.9. The third-order valence-corrected chi connectivity index (χ3v) is 6.61. The smallest absolute Gasteiger partial charge is 0.298 e. The lowest BCUT2D eigenvalue weighted by atomic mass is 9.96. The topological polar surface area (TPSA) is 113 Å². The SMILES string of the molecule is O=C(NNC(=O)C1CCN(c2nc3ccccc3o2)CC1)c1cc(-c2ccccn2)nc2ccccc12. The molecule has 184 valence electrons. The summed E-state index contributed by atoms with van der Waals surface area (Å²) in [6.07, 6.45) is 2.94. The molecule has 0 atom stereocenters. The Hall–Kier alpha value is -4.79. The number of pyridine rings is 2. The molecule has 0 spiro atoms. The minimum absolute atomic E-state index is 0.214. The molecule has 2 aromatic carbocycles. The number of rotatable bonds is 4. The zero-order valence-electron chi connectivity index (χ0n) is 19.9. The van der Waals surface area contributed by atoms with E-state index in [9.17, 15) is 9.59 Å². The van der Waals surface area contributed by atoms with E-state index in [1.807, 2.05) is 71.6 Å². The van der Waals surface area contributed by atoms with E-state index in [2.05, 4.69) is 25.8 Å². The number of nitrogens with zero attached hydrogens (tertiary/aromatic N) is 4. The molecule has 1 aliphatic heterocycles. The summed E-state index contributed by atoms with van der Waals surface area (Å²) in [6.45, 7) is 1.28. The molecule has 4 heterocycles. The van der Waals surface area contributed by atoms with Gasteiger partial charge in [-0.15, -0.1) is 0 Å². The van der Waals surface area contributed by atoms with Gasteiger partial charge in [-0.1, -0.05) is 36.4 Å². The Morgan fingerprint density at radius 1 is 0.838 bits per heavy atom. The largest absolute Gasteiger partial charge is 0.423 e. The Bertz CT molecular complexity index is 1560. The summed E-state index contributed by atoms with van der Waals surface area (Å²) in [4.78, 5) is 41.6. The van der Waals surface area contributed by atoms with Crippen LogP contribution in [0.25, 0.3) is 33.4 Å². The van der Waals surface area contributed by atoms with Crippen LogP contribution in [0.5, 0.6) is 0 Å². The summed E-state index contributed by atoms with van der Waals surface area (Å²) in [5, 5.41) is 0.695. The second-order valence-corrected chi connectivity index (χ2v) is 8.96. The number of amides is 2. The average Bonchev–Trinajstić information content (AvgIpc) is 3.40. The standard InChI is InChI=1S/C28H24N6O3/c35-26(18-12-15-34(16-13-18)28-31-23-10-3-4-11-25(23)37-28)32-33-27(36)20-17-24(22-9-5-6-14-29-22)30-21-8-2-1-7-19(20)21/h1-11,14,17-18H,12-13,15-16H2,(H,32,35)(H,33,36). The number of aromatic nitrogens is 3. The van der Waals surface area contributed by atoms with Crippen molar-refractivity contribution in [3.8, 4) is 11.4 Å². The number of fused-ring (bicyclic) bond motifs is 2. The number of anilines is 1. The highest BCUT2D eigenvalue weighted by atomic mass is 16.4. The van der Waals surface area contributed by atoms with Crippen LogP contribution >= 0.6 is 0 Å². The van der Waals surface area contributed by atoms with E-state index in [-0.39, 0.29) is 11.8 Å². The first kappa shape index (κ1) is 22.7. The van der Waals surface area contributed by atoms with Crippen LogP contribution in [0.3, 0.4) is 0 Å². The van der Waals surface area contributed by atoms with Crippen molar-refractivity contribution in [3.05, 3.63) is 84.6 Å². The van der Waals surface area contributed by atoms with Crippen molar-refractivity contribution in [1.82, 2.24) is 25.8 Å². The highest BCUT2D eigenvalue weighted by Gasteiger charge is 2.27. The lowest BCUT2D eigenvalue weighted by Crippen LogP contribution is -2.47. The molecule has 0 saturated carbocycles. The Morgan fingerprint density at radius 3 is 2.38 bits per heavy atom. The molecule has 1 aliphatic rings. The molecule has 0 unspecified atom stereocenters. The van der Waals surface area contributed by atoms with E-state index in [1.165, 1.54) is 0 Å². The molecule has 1 fully saturated rings. The van der Waals surface area contributed by atoms with Gasteiger partial charge in [-0.2, -0.15) is 4.98 Å².